The minimum atomic E-state index is -0.510. The van der Waals surface area contributed by atoms with Crippen LogP contribution in [0.5, 0.6) is 11.5 Å². The van der Waals surface area contributed by atoms with E-state index in [9.17, 15) is 9.18 Å². The Labute approximate surface area is 175 Å². The van der Waals surface area contributed by atoms with Gasteiger partial charge in [-0.3, -0.25) is 9.78 Å². The van der Waals surface area contributed by atoms with E-state index in [2.05, 4.69) is 27.3 Å². The third-order valence-electron chi connectivity index (χ3n) is 4.33. The van der Waals surface area contributed by atoms with Crippen molar-refractivity contribution < 1.29 is 13.9 Å². The van der Waals surface area contributed by atoms with Gasteiger partial charge in [-0.1, -0.05) is 36.4 Å². The van der Waals surface area contributed by atoms with Crippen LogP contribution in [0.2, 0.25) is 0 Å². The number of benzene rings is 2. The molecule has 0 aliphatic heterocycles. The van der Waals surface area contributed by atoms with Crippen molar-refractivity contribution in [3.8, 4) is 11.5 Å². The first kappa shape index (κ1) is 21.2. The Kier molecular flexibility index (Phi) is 7.69. The molecule has 3 aromatic rings. The van der Waals surface area contributed by atoms with Crippen LogP contribution in [0.3, 0.4) is 0 Å². The molecule has 0 aliphatic carbocycles. The monoisotopic (exact) mass is 405 g/mol. The normalized spacial score (nSPS) is 11.0. The van der Waals surface area contributed by atoms with Crippen molar-refractivity contribution in [1.29, 1.82) is 0 Å². The molecule has 0 spiro atoms. The van der Waals surface area contributed by atoms with Gasteiger partial charge in [0.15, 0.2) is 11.6 Å². The number of hydrogen-bond donors (Lipinski definition) is 1. The summed E-state index contributed by atoms with van der Waals surface area (Å²) in [6.45, 7) is 2.07. The fourth-order valence-electron chi connectivity index (χ4n) is 2.81. The van der Waals surface area contributed by atoms with Crippen LogP contribution in [0.25, 0.3) is 6.08 Å². The van der Waals surface area contributed by atoms with Crippen LogP contribution in [0.4, 0.5) is 4.39 Å². The van der Waals surface area contributed by atoms with Crippen LogP contribution in [0, 0.1) is 5.82 Å². The number of carbonyl (C=O) groups excluding carboxylic acids is 1. The second-order valence-electron chi connectivity index (χ2n) is 6.83. The number of nitrogens with zero attached hydrogens (tertiary/aromatic N) is 2. The Morgan fingerprint density at radius 2 is 2.00 bits per heavy atom. The molecule has 0 atom stereocenters. The van der Waals surface area contributed by atoms with E-state index >= 15 is 0 Å². The lowest BCUT2D eigenvalue weighted by Crippen LogP contribution is -2.31. The van der Waals surface area contributed by atoms with Gasteiger partial charge in [-0.05, 0) is 48.5 Å². The molecule has 0 bridgehead atoms. The number of hydrogen-bond acceptors (Lipinski definition) is 4. The Morgan fingerprint density at radius 1 is 1.17 bits per heavy atom. The molecule has 0 saturated heterocycles. The SMILES string of the molecule is CN(CCNC(=O)/C=C/c1ccc(Oc2cccnc2)c(F)c1)Cc1ccccc1. The van der Waals surface area contributed by atoms with Gasteiger partial charge in [0.25, 0.3) is 0 Å². The van der Waals surface area contributed by atoms with Crippen LogP contribution in [-0.2, 0) is 11.3 Å². The minimum Gasteiger partial charge on any atom is -0.453 e. The number of ether oxygens (including phenoxy) is 1. The fraction of sp³-hybridized carbons (Fsp3) is 0.167. The lowest BCUT2D eigenvalue weighted by molar-refractivity contribution is -0.116. The summed E-state index contributed by atoms with van der Waals surface area (Å²) in [6, 6.07) is 18.1. The predicted molar refractivity (Wildman–Crippen MR) is 116 cm³/mol. The zero-order valence-corrected chi connectivity index (χ0v) is 16.8. The molecule has 2 aromatic carbocycles. The van der Waals surface area contributed by atoms with E-state index in [1.807, 2.05) is 25.2 Å². The van der Waals surface area contributed by atoms with Crippen LogP contribution in [0.15, 0.2) is 79.1 Å². The zero-order chi connectivity index (χ0) is 21.2. The van der Waals surface area contributed by atoms with Gasteiger partial charge in [-0.2, -0.15) is 0 Å². The molecule has 0 aliphatic rings. The molecule has 154 valence electrons. The molecule has 1 amide bonds. The number of amides is 1. The Balaban J connectivity index is 1.44. The predicted octanol–water partition coefficient (Wildman–Crippen LogP) is 4.27. The Hall–Kier alpha value is -3.51. The maximum Gasteiger partial charge on any atom is 0.244 e. The molecule has 0 radical (unpaired) electrons. The highest BCUT2D eigenvalue weighted by atomic mass is 19.1. The number of halogens is 1. The lowest BCUT2D eigenvalue weighted by atomic mass is 10.2. The van der Waals surface area contributed by atoms with E-state index in [1.54, 1.807) is 30.5 Å². The quantitative estimate of drug-likeness (QED) is 0.540. The summed E-state index contributed by atoms with van der Waals surface area (Å²) in [7, 11) is 2.01. The molecule has 1 heterocycles. The van der Waals surface area contributed by atoms with Crippen LogP contribution in [0.1, 0.15) is 11.1 Å². The van der Waals surface area contributed by atoms with E-state index in [0.29, 0.717) is 17.9 Å². The second-order valence-corrected chi connectivity index (χ2v) is 6.83. The highest BCUT2D eigenvalue weighted by molar-refractivity contribution is 5.91. The largest absolute Gasteiger partial charge is 0.453 e. The van der Waals surface area contributed by atoms with Gasteiger partial charge in [0, 0.05) is 31.9 Å². The van der Waals surface area contributed by atoms with Crippen molar-refractivity contribution >= 4 is 12.0 Å². The fourth-order valence-corrected chi connectivity index (χ4v) is 2.81. The van der Waals surface area contributed by atoms with Gasteiger partial charge in [-0.25, -0.2) is 4.39 Å². The first-order valence-corrected chi connectivity index (χ1v) is 9.66. The first-order valence-electron chi connectivity index (χ1n) is 9.66. The Bertz CT molecular complexity index is 978. The van der Waals surface area contributed by atoms with Crippen LogP contribution >= 0.6 is 0 Å². The number of pyridine rings is 1. The van der Waals surface area contributed by atoms with E-state index in [4.69, 9.17) is 4.74 Å². The van der Waals surface area contributed by atoms with Crippen molar-refractivity contribution in [3.05, 3.63) is 96.1 Å². The molecular weight excluding hydrogens is 381 g/mol. The third-order valence-corrected chi connectivity index (χ3v) is 4.33. The Morgan fingerprint density at radius 3 is 2.73 bits per heavy atom. The van der Waals surface area contributed by atoms with Crippen molar-refractivity contribution in [2.45, 2.75) is 6.54 Å². The summed E-state index contributed by atoms with van der Waals surface area (Å²) in [5.41, 5.74) is 1.80. The average molecular weight is 405 g/mol. The van der Waals surface area contributed by atoms with E-state index in [1.165, 1.54) is 30.0 Å². The second kappa shape index (κ2) is 10.9. The molecular formula is C24H24FN3O2. The van der Waals surface area contributed by atoms with Gasteiger partial charge >= 0.3 is 0 Å². The van der Waals surface area contributed by atoms with Gasteiger partial charge in [0.05, 0.1) is 6.20 Å². The number of nitrogens with one attached hydrogen (secondary N) is 1. The number of likely N-dealkylation sites (N-methyl/N-ethyl adjacent to an activating group) is 1. The van der Waals surface area contributed by atoms with E-state index in [0.717, 1.165) is 13.1 Å². The molecule has 5 nitrogen and oxygen atoms in total. The summed E-state index contributed by atoms with van der Waals surface area (Å²) < 4.78 is 19.7. The lowest BCUT2D eigenvalue weighted by Gasteiger charge is -2.16. The average Bonchev–Trinajstić information content (AvgIpc) is 2.75. The maximum atomic E-state index is 14.2. The molecule has 3 rings (SSSR count). The van der Waals surface area contributed by atoms with E-state index in [-0.39, 0.29) is 11.7 Å². The van der Waals surface area contributed by atoms with Gasteiger partial charge in [0.1, 0.15) is 5.75 Å². The summed E-state index contributed by atoms with van der Waals surface area (Å²) in [6.07, 6.45) is 6.09. The summed E-state index contributed by atoms with van der Waals surface area (Å²) in [4.78, 5) is 18.1. The summed E-state index contributed by atoms with van der Waals surface area (Å²) in [5.74, 6) is -0.175. The molecule has 0 fully saturated rings. The molecule has 1 N–H and O–H groups in total. The number of rotatable bonds is 9. The highest BCUT2D eigenvalue weighted by Crippen LogP contribution is 2.24. The van der Waals surface area contributed by atoms with Crippen LogP contribution < -0.4 is 10.1 Å². The standard InChI is InChI=1S/C24H24FN3O2/c1-28(18-20-6-3-2-4-7-20)15-14-27-24(29)12-10-19-9-11-23(22(25)16-19)30-21-8-5-13-26-17-21/h2-13,16-17H,14-15,18H2,1H3,(H,27,29)/b12-10+. The maximum absolute atomic E-state index is 14.2. The number of carbonyl (C=O) groups is 1. The van der Waals surface area contributed by atoms with Crippen molar-refractivity contribution in [3.63, 3.8) is 0 Å². The van der Waals surface area contributed by atoms with Gasteiger partial charge in [0.2, 0.25) is 5.91 Å². The highest BCUT2D eigenvalue weighted by Gasteiger charge is 2.06. The first-order chi connectivity index (χ1) is 14.6. The van der Waals surface area contributed by atoms with Crippen molar-refractivity contribution in [2.24, 2.45) is 0 Å². The topological polar surface area (TPSA) is 54.5 Å². The van der Waals surface area contributed by atoms with Gasteiger partial charge in [-0.15, -0.1) is 0 Å². The molecule has 1 aromatic heterocycles. The zero-order valence-electron chi connectivity index (χ0n) is 16.8. The van der Waals surface area contributed by atoms with Crippen molar-refractivity contribution in [1.82, 2.24) is 15.2 Å². The number of aromatic nitrogens is 1. The summed E-state index contributed by atoms with van der Waals surface area (Å²) in [5, 5.41) is 2.84. The van der Waals surface area contributed by atoms with Gasteiger partial charge < -0.3 is 15.0 Å². The smallest absolute Gasteiger partial charge is 0.244 e. The molecule has 30 heavy (non-hydrogen) atoms. The third kappa shape index (κ3) is 6.83. The molecule has 0 saturated carbocycles. The van der Waals surface area contributed by atoms with E-state index < -0.39 is 5.82 Å². The minimum absolute atomic E-state index is 0.103. The molecule has 0 unspecified atom stereocenters. The van der Waals surface area contributed by atoms with Crippen molar-refractivity contribution in [2.75, 3.05) is 20.1 Å². The summed E-state index contributed by atoms with van der Waals surface area (Å²) >= 11 is 0. The molecule has 6 heteroatoms. The van der Waals surface area contributed by atoms with Crippen LogP contribution in [-0.4, -0.2) is 35.9 Å².